The van der Waals surface area contributed by atoms with E-state index in [-0.39, 0.29) is 12.4 Å². The molecular weight excluding hydrogens is 376 g/mol. The number of tetrazole rings is 1. The van der Waals surface area contributed by atoms with Gasteiger partial charge < -0.3 is 4.74 Å². The second-order valence-corrected chi connectivity index (χ2v) is 5.63. The van der Waals surface area contributed by atoms with Crippen LogP contribution in [0.5, 0.6) is 0 Å². The average Bonchev–Trinajstić information content (AvgIpc) is 3.14. The van der Waals surface area contributed by atoms with Crippen molar-refractivity contribution in [2.24, 2.45) is 0 Å². The second kappa shape index (κ2) is 7.14. The fourth-order valence-corrected chi connectivity index (χ4v) is 2.52. The van der Waals surface area contributed by atoms with Crippen molar-refractivity contribution < 1.29 is 14.3 Å². The summed E-state index contributed by atoms with van der Waals surface area (Å²) < 4.78 is 7.20. The molecule has 0 radical (unpaired) electrons. The van der Waals surface area contributed by atoms with Gasteiger partial charge in [-0.3, -0.25) is 4.79 Å². The number of ether oxygens (including phenoxy) is 1. The van der Waals surface area contributed by atoms with Crippen LogP contribution in [0, 0.1) is 0 Å². The second-order valence-electron chi connectivity index (χ2n) is 4.78. The van der Waals surface area contributed by atoms with Crippen LogP contribution in [0.15, 0.2) is 59.3 Å². The van der Waals surface area contributed by atoms with E-state index < -0.39 is 5.97 Å². The fourth-order valence-electron chi connectivity index (χ4n) is 2.01. The van der Waals surface area contributed by atoms with Gasteiger partial charge in [0.05, 0.1) is 11.3 Å². The first-order valence-electron chi connectivity index (χ1n) is 6.93. The SMILES string of the molecule is O=C(OCC(=O)c1ccccc1Br)c1ccc(-n2cnnn2)cc1. The number of rotatable bonds is 5. The molecule has 120 valence electrons. The molecule has 24 heavy (non-hydrogen) atoms. The van der Waals surface area contributed by atoms with E-state index in [1.165, 1.54) is 11.0 Å². The number of halogens is 1. The predicted molar refractivity (Wildman–Crippen MR) is 87.9 cm³/mol. The summed E-state index contributed by atoms with van der Waals surface area (Å²) in [6.45, 7) is -0.323. The van der Waals surface area contributed by atoms with Crippen molar-refractivity contribution in [3.63, 3.8) is 0 Å². The van der Waals surface area contributed by atoms with Crippen LogP contribution in [0.4, 0.5) is 0 Å². The maximum Gasteiger partial charge on any atom is 0.338 e. The first kappa shape index (κ1) is 16.0. The van der Waals surface area contributed by atoms with Crippen LogP contribution in [0.1, 0.15) is 20.7 Å². The van der Waals surface area contributed by atoms with Crippen molar-refractivity contribution in [1.29, 1.82) is 0 Å². The molecule has 0 N–H and O–H groups in total. The Morgan fingerprint density at radius 2 is 1.83 bits per heavy atom. The molecule has 3 rings (SSSR count). The zero-order valence-corrected chi connectivity index (χ0v) is 13.9. The molecule has 1 aromatic heterocycles. The number of benzene rings is 2. The van der Waals surface area contributed by atoms with Crippen LogP contribution in [-0.4, -0.2) is 38.6 Å². The highest BCUT2D eigenvalue weighted by molar-refractivity contribution is 9.10. The van der Waals surface area contributed by atoms with Crippen molar-refractivity contribution in [3.05, 3.63) is 70.5 Å². The molecule has 0 fully saturated rings. The van der Waals surface area contributed by atoms with E-state index in [1.807, 2.05) is 0 Å². The molecule has 2 aromatic carbocycles. The first-order valence-corrected chi connectivity index (χ1v) is 7.73. The third-order valence-corrected chi connectivity index (χ3v) is 3.92. The number of carbonyl (C=O) groups excluding carboxylic acids is 2. The van der Waals surface area contributed by atoms with Gasteiger partial charge in [-0.05, 0) is 40.8 Å². The number of esters is 1. The third kappa shape index (κ3) is 3.54. The van der Waals surface area contributed by atoms with E-state index in [9.17, 15) is 9.59 Å². The van der Waals surface area contributed by atoms with Gasteiger partial charge in [0, 0.05) is 10.0 Å². The minimum Gasteiger partial charge on any atom is -0.454 e. The van der Waals surface area contributed by atoms with Crippen molar-refractivity contribution in [1.82, 2.24) is 20.2 Å². The molecule has 8 heteroatoms. The molecule has 0 aliphatic rings. The first-order chi connectivity index (χ1) is 11.6. The number of Topliss-reactive ketones (excluding diaryl/α,β-unsaturated/α-hetero) is 1. The quantitative estimate of drug-likeness (QED) is 0.494. The molecule has 0 unspecified atom stereocenters. The molecule has 7 nitrogen and oxygen atoms in total. The Morgan fingerprint density at radius 3 is 2.50 bits per heavy atom. The lowest BCUT2D eigenvalue weighted by Crippen LogP contribution is -2.14. The minimum atomic E-state index is -0.571. The fraction of sp³-hybridized carbons (Fsp3) is 0.0625. The van der Waals surface area contributed by atoms with Gasteiger partial charge in [0.1, 0.15) is 6.33 Å². The maximum absolute atomic E-state index is 12.1. The Morgan fingerprint density at radius 1 is 1.08 bits per heavy atom. The van der Waals surface area contributed by atoms with Crippen LogP contribution < -0.4 is 0 Å². The largest absolute Gasteiger partial charge is 0.454 e. The van der Waals surface area contributed by atoms with Gasteiger partial charge in [0.15, 0.2) is 6.61 Å². The number of hydrogen-bond acceptors (Lipinski definition) is 6. The van der Waals surface area contributed by atoms with Crippen LogP contribution in [0.3, 0.4) is 0 Å². The van der Waals surface area contributed by atoms with Crippen molar-refractivity contribution in [2.45, 2.75) is 0 Å². The molecular formula is C16H11BrN4O3. The molecule has 3 aromatic rings. The van der Waals surface area contributed by atoms with Crippen LogP contribution in [-0.2, 0) is 4.74 Å². The van der Waals surface area contributed by atoms with E-state index >= 15 is 0 Å². The van der Waals surface area contributed by atoms with Gasteiger partial charge in [-0.1, -0.05) is 34.1 Å². The van der Waals surface area contributed by atoms with E-state index in [0.717, 1.165) is 0 Å². The lowest BCUT2D eigenvalue weighted by molar-refractivity contribution is 0.0474. The van der Waals surface area contributed by atoms with Gasteiger partial charge in [-0.2, -0.15) is 0 Å². The van der Waals surface area contributed by atoms with Gasteiger partial charge >= 0.3 is 5.97 Å². The Bertz CT molecular complexity index is 863. The Hall–Kier alpha value is -2.87. The number of aromatic nitrogens is 4. The van der Waals surface area contributed by atoms with Crippen molar-refractivity contribution >= 4 is 27.7 Å². The highest BCUT2D eigenvalue weighted by Gasteiger charge is 2.14. The molecule has 0 spiro atoms. The highest BCUT2D eigenvalue weighted by Crippen LogP contribution is 2.16. The molecule has 0 saturated heterocycles. The lowest BCUT2D eigenvalue weighted by atomic mass is 10.1. The van der Waals surface area contributed by atoms with E-state index in [2.05, 4.69) is 31.5 Å². The summed E-state index contributed by atoms with van der Waals surface area (Å²) in [6.07, 6.45) is 1.45. The standard InChI is InChI=1S/C16H11BrN4O3/c17-14-4-2-1-3-13(14)15(22)9-24-16(23)11-5-7-12(8-6-11)21-10-18-19-20-21/h1-8,10H,9H2. The topological polar surface area (TPSA) is 87.0 Å². The molecule has 1 heterocycles. The van der Waals surface area contributed by atoms with Crippen molar-refractivity contribution in [3.8, 4) is 5.69 Å². The number of hydrogen-bond donors (Lipinski definition) is 0. The minimum absolute atomic E-state index is 0.277. The van der Waals surface area contributed by atoms with Gasteiger partial charge in [0.25, 0.3) is 0 Å². The summed E-state index contributed by atoms with van der Waals surface area (Å²) in [5.74, 6) is -0.847. The zero-order chi connectivity index (χ0) is 16.9. The highest BCUT2D eigenvalue weighted by atomic mass is 79.9. The Balaban J connectivity index is 1.63. The van der Waals surface area contributed by atoms with Crippen LogP contribution >= 0.6 is 15.9 Å². The third-order valence-electron chi connectivity index (χ3n) is 3.23. The molecule has 0 amide bonds. The summed E-state index contributed by atoms with van der Waals surface area (Å²) in [5.41, 5.74) is 1.52. The molecule has 0 aliphatic heterocycles. The summed E-state index contributed by atoms with van der Waals surface area (Å²) >= 11 is 3.30. The van der Waals surface area contributed by atoms with Crippen LogP contribution in [0.25, 0.3) is 5.69 Å². The summed E-state index contributed by atoms with van der Waals surface area (Å²) in [6, 6.07) is 13.5. The number of carbonyl (C=O) groups is 2. The zero-order valence-electron chi connectivity index (χ0n) is 12.3. The van der Waals surface area contributed by atoms with Gasteiger partial charge in [-0.25, -0.2) is 9.48 Å². The van der Waals surface area contributed by atoms with Crippen molar-refractivity contribution in [2.75, 3.05) is 6.61 Å². The Kier molecular flexibility index (Phi) is 4.76. The molecule has 0 saturated carbocycles. The number of nitrogens with zero attached hydrogens (tertiary/aromatic N) is 4. The molecule has 0 aliphatic carbocycles. The molecule has 0 bridgehead atoms. The van der Waals surface area contributed by atoms with E-state index in [0.29, 0.717) is 21.3 Å². The van der Waals surface area contributed by atoms with Gasteiger partial charge in [-0.15, -0.1) is 5.10 Å². The summed E-state index contributed by atoms with van der Waals surface area (Å²) in [5, 5.41) is 10.8. The van der Waals surface area contributed by atoms with Crippen LogP contribution in [0.2, 0.25) is 0 Å². The lowest BCUT2D eigenvalue weighted by Gasteiger charge is -2.06. The molecule has 0 atom stereocenters. The summed E-state index contributed by atoms with van der Waals surface area (Å²) in [4.78, 5) is 24.1. The maximum atomic E-state index is 12.1. The Labute approximate surface area is 145 Å². The predicted octanol–water partition coefficient (Wildman–Crippen LogP) is 2.46. The summed E-state index contributed by atoms with van der Waals surface area (Å²) in [7, 11) is 0. The average molecular weight is 387 g/mol. The number of ketones is 1. The normalized spacial score (nSPS) is 10.4. The van der Waals surface area contributed by atoms with Gasteiger partial charge in [0.2, 0.25) is 5.78 Å². The monoisotopic (exact) mass is 386 g/mol. The van der Waals surface area contributed by atoms with E-state index in [4.69, 9.17) is 4.74 Å². The van der Waals surface area contributed by atoms with E-state index in [1.54, 1.807) is 48.5 Å². The smallest absolute Gasteiger partial charge is 0.338 e.